The third kappa shape index (κ3) is 3.64. The zero-order valence-electron chi connectivity index (χ0n) is 12.8. The molecule has 1 unspecified atom stereocenters. The van der Waals surface area contributed by atoms with E-state index < -0.39 is 34.2 Å². The summed E-state index contributed by atoms with van der Waals surface area (Å²) in [5, 5.41) is 11.0. The molecule has 2 rings (SSSR count). The first-order chi connectivity index (χ1) is 10.8. The number of benzene rings is 1. The van der Waals surface area contributed by atoms with Crippen molar-refractivity contribution in [3.05, 3.63) is 34.1 Å². The largest absolute Gasteiger partial charge is 0.417 e. The molecule has 1 atom stereocenters. The van der Waals surface area contributed by atoms with Crippen LogP contribution in [-0.4, -0.2) is 34.3 Å². The summed E-state index contributed by atoms with van der Waals surface area (Å²) in [5.41, 5.74) is -0.505. The number of halogens is 1. The lowest BCUT2D eigenvalue weighted by Crippen LogP contribution is -2.47. The average Bonchev–Trinajstić information content (AvgIpc) is 2.84. The van der Waals surface area contributed by atoms with Crippen molar-refractivity contribution >= 4 is 17.6 Å². The predicted octanol–water partition coefficient (Wildman–Crippen LogP) is 2.29. The van der Waals surface area contributed by atoms with Gasteiger partial charge in [0.2, 0.25) is 11.7 Å². The topological polar surface area (TPSA) is 89.8 Å². The summed E-state index contributed by atoms with van der Waals surface area (Å²) in [6.45, 7) is 3.93. The van der Waals surface area contributed by atoms with Crippen molar-refractivity contribution < 1.29 is 23.6 Å². The molecule has 0 N–H and O–H groups in total. The Morgan fingerprint density at radius 3 is 2.65 bits per heavy atom. The highest BCUT2D eigenvalue weighted by Crippen LogP contribution is 2.29. The maximum Gasteiger partial charge on any atom is 0.334 e. The van der Waals surface area contributed by atoms with Crippen LogP contribution in [-0.2, 0) is 9.59 Å². The Morgan fingerprint density at radius 2 is 2.13 bits per heavy atom. The standard InChI is InChI=1S/C15H17FN2O5/c1-9(2)14(17-7-3-4-13(17)19)15(20)23-12-8-10(16)5-6-11(12)18(21)22/h5-6,8-9,14H,3-4,7H2,1-2H3. The van der Waals surface area contributed by atoms with Crippen LogP contribution in [0, 0.1) is 21.8 Å². The number of amides is 1. The number of hydrogen-bond donors (Lipinski definition) is 0. The van der Waals surface area contributed by atoms with Gasteiger partial charge >= 0.3 is 11.7 Å². The molecule has 1 amide bonds. The second kappa shape index (κ2) is 6.72. The molecule has 0 radical (unpaired) electrons. The minimum atomic E-state index is -0.854. The summed E-state index contributed by atoms with van der Waals surface area (Å²) in [4.78, 5) is 35.9. The fourth-order valence-corrected chi connectivity index (χ4v) is 2.61. The number of carbonyl (C=O) groups is 2. The third-order valence-electron chi connectivity index (χ3n) is 3.65. The highest BCUT2D eigenvalue weighted by atomic mass is 19.1. The fraction of sp³-hybridized carbons (Fsp3) is 0.467. The number of likely N-dealkylation sites (tertiary alicyclic amines) is 1. The van der Waals surface area contributed by atoms with Gasteiger partial charge < -0.3 is 9.64 Å². The first-order valence-corrected chi connectivity index (χ1v) is 7.26. The zero-order chi connectivity index (χ0) is 17.1. The minimum absolute atomic E-state index is 0.158. The van der Waals surface area contributed by atoms with Crippen molar-refractivity contribution in [2.75, 3.05) is 6.54 Å². The summed E-state index contributed by atoms with van der Waals surface area (Å²) in [6, 6.07) is 1.79. The Balaban J connectivity index is 2.27. The van der Waals surface area contributed by atoms with Gasteiger partial charge in [-0.1, -0.05) is 13.8 Å². The molecule has 124 valence electrons. The van der Waals surface area contributed by atoms with Gasteiger partial charge in [-0.2, -0.15) is 0 Å². The minimum Gasteiger partial charge on any atom is -0.417 e. The van der Waals surface area contributed by atoms with Gasteiger partial charge in [-0.15, -0.1) is 0 Å². The molecular weight excluding hydrogens is 307 g/mol. The summed E-state index contributed by atoms with van der Waals surface area (Å²) in [7, 11) is 0. The lowest BCUT2D eigenvalue weighted by Gasteiger charge is -2.28. The Kier molecular flexibility index (Phi) is 4.92. The van der Waals surface area contributed by atoms with E-state index in [-0.39, 0.29) is 11.8 Å². The van der Waals surface area contributed by atoms with E-state index in [9.17, 15) is 24.1 Å². The number of hydrogen-bond acceptors (Lipinski definition) is 5. The second-order valence-electron chi connectivity index (χ2n) is 5.67. The molecule has 0 aliphatic carbocycles. The molecule has 23 heavy (non-hydrogen) atoms. The number of nitro benzene ring substituents is 1. The summed E-state index contributed by atoms with van der Waals surface area (Å²) < 4.78 is 18.4. The quantitative estimate of drug-likeness (QED) is 0.359. The molecule has 1 fully saturated rings. The van der Waals surface area contributed by atoms with E-state index in [1.165, 1.54) is 4.90 Å². The lowest BCUT2D eigenvalue weighted by atomic mass is 10.0. The normalized spacial score (nSPS) is 15.8. The summed E-state index contributed by atoms with van der Waals surface area (Å²) in [6.07, 6.45) is 1.01. The van der Waals surface area contributed by atoms with Crippen molar-refractivity contribution in [3.8, 4) is 5.75 Å². The van der Waals surface area contributed by atoms with Gasteiger partial charge in [0.25, 0.3) is 0 Å². The van der Waals surface area contributed by atoms with Crippen LogP contribution in [0.1, 0.15) is 26.7 Å². The highest BCUT2D eigenvalue weighted by Gasteiger charge is 2.37. The molecule has 0 bridgehead atoms. The molecule has 0 saturated carbocycles. The Bertz CT molecular complexity index is 647. The SMILES string of the molecule is CC(C)C(C(=O)Oc1cc(F)ccc1[N+](=O)[O-])N1CCCC1=O. The first kappa shape index (κ1) is 16.9. The maximum absolute atomic E-state index is 13.3. The number of esters is 1. The van der Waals surface area contributed by atoms with E-state index in [1.54, 1.807) is 13.8 Å². The molecule has 0 aromatic heterocycles. The monoisotopic (exact) mass is 324 g/mol. The average molecular weight is 324 g/mol. The molecule has 1 aromatic rings. The summed E-state index contributed by atoms with van der Waals surface area (Å²) in [5.74, 6) is -2.41. The van der Waals surface area contributed by atoms with E-state index in [4.69, 9.17) is 4.74 Å². The van der Waals surface area contributed by atoms with Crippen LogP contribution in [0.3, 0.4) is 0 Å². The van der Waals surface area contributed by atoms with Gasteiger partial charge in [-0.3, -0.25) is 14.9 Å². The van der Waals surface area contributed by atoms with Gasteiger partial charge in [0.15, 0.2) is 0 Å². The third-order valence-corrected chi connectivity index (χ3v) is 3.65. The molecule has 1 heterocycles. The van der Waals surface area contributed by atoms with E-state index in [2.05, 4.69) is 0 Å². The van der Waals surface area contributed by atoms with Crippen LogP contribution in [0.5, 0.6) is 5.75 Å². The molecule has 1 aliphatic rings. The van der Waals surface area contributed by atoms with Crippen molar-refractivity contribution in [1.82, 2.24) is 4.90 Å². The lowest BCUT2D eigenvalue weighted by molar-refractivity contribution is -0.385. The van der Waals surface area contributed by atoms with Crippen LogP contribution in [0.15, 0.2) is 18.2 Å². The molecule has 1 aromatic carbocycles. The van der Waals surface area contributed by atoms with Crippen molar-refractivity contribution in [3.63, 3.8) is 0 Å². The van der Waals surface area contributed by atoms with Crippen molar-refractivity contribution in [2.24, 2.45) is 5.92 Å². The zero-order valence-corrected chi connectivity index (χ0v) is 12.8. The predicted molar refractivity (Wildman–Crippen MR) is 78.3 cm³/mol. The Morgan fingerprint density at radius 1 is 1.43 bits per heavy atom. The summed E-state index contributed by atoms with van der Waals surface area (Å²) >= 11 is 0. The van der Waals surface area contributed by atoms with Crippen LogP contribution in [0.2, 0.25) is 0 Å². The first-order valence-electron chi connectivity index (χ1n) is 7.26. The molecule has 1 saturated heterocycles. The number of ether oxygens (including phenoxy) is 1. The van der Waals surface area contributed by atoms with E-state index in [1.807, 2.05) is 0 Å². The number of nitro groups is 1. The van der Waals surface area contributed by atoms with E-state index >= 15 is 0 Å². The van der Waals surface area contributed by atoms with Crippen LogP contribution in [0.4, 0.5) is 10.1 Å². The Hall–Kier alpha value is -2.51. The van der Waals surface area contributed by atoms with Gasteiger partial charge in [0.05, 0.1) is 4.92 Å². The van der Waals surface area contributed by atoms with Crippen LogP contribution >= 0.6 is 0 Å². The van der Waals surface area contributed by atoms with Crippen LogP contribution in [0.25, 0.3) is 0 Å². The highest BCUT2D eigenvalue weighted by molar-refractivity contribution is 5.87. The molecule has 0 spiro atoms. The van der Waals surface area contributed by atoms with Crippen LogP contribution < -0.4 is 4.74 Å². The smallest absolute Gasteiger partial charge is 0.334 e. The Labute approximate surface area is 132 Å². The number of nitrogens with zero attached hydrogens (tertiary/aromatic N) is 2. The molecule has 7 nitrogen and oxygen atoms in total. The van der Waals surface area contributed by atoms with Gasteiger partial charge in [-0.25, -0.2) is 9.18 Å². The number of carbonyl (C=O) groups excluding carboxylic acids is 2. The molecule has 8 heteroatoms. The van der Waals surface area contributed by atoms with E-state index in [0.717, 1.165) is 18.2 Å². The van der Waals surface area contributed by atoms with Gasteiger partial charge in [0.1, 0.15) is 11.9 Å². The molecular formula is C15H17FN2O5. The number of rotatable bonds is 5. The van der Waals surface area contributed by atoms with Gasteiger partial charge in [0, 0.05) is 25.1 Å². The fourth-order valence-electron chi connectivity index (χ4n) is 2.61. The maximum atomic E-state index is 13.3. The van der Waals surface area contributed by atoms with E-state index in [0.29, 0.717) is 19.4 Å². The van der Waals surface area contributed by atoms with Crippen molar-refractivity contribution in [2.45, 2.75) is 32.7 Å². The molecule has 1 aliphatic heterocycles. The van der Waals surface area contributed by atoms with Gasteiger partial charge in [-0.05, 0) is 18.4 Å². The van der Waals surface area contributed by atoms with Crippen molar-refractivity contribution in [1.29, 1.82) is 0 Å². The second-order valence-corrected chi connectivity index (χ2v) is 5.67.